The molecular formula is C16H25NO4. The van der Waals surface area contributed by atoms with Crippen LogP contribution in [0.4, 0.5) is 0 Å². The lowest BCUT2D eigenvalue weighted by molar-refractivity contribution is -0.138. The molecular weight excluding hydrogens is 270 g/mol. The van der Waals surface area contributed by atoms with Crippen molar-refractivity contribution in [3.8, 4) is 0 Å². The van der Waals surface area contributed by atoms with Gasteiger partial charge in [-0.1, -0.05) is 49.6 Å². The normalized spacial score (nSPS) is 9.57. The highest BCUT2D eigenvalue weighted by atomic mass is 16.4. The smallest absolute Gasteiger partial charge is 0.303 e. The molecule has 0 saturated heterocycles. The van der Waals surface area contributed by atoms with Gasteiger partial charge in [0.15, 0.2) is 0 Å². The first kappa shape index (κ1) is 19.1. The third kappa shape index (κ3) is 14.3. The van der Waals surface area contributed by atoms with E-state index in [0.29, 0.717) is 19.4 Å². The average molecular weight is 295 g/mol. The van der Waals surface area contributed by atoms with Crippen molar-refractivity contribution in [2.24, 2.45) is 5.73 Å². The van der Waals surface area contributed by atoms with Gasteiger partial charge in [0.05, 0.1) is 0 Å². The van der Waals surface area contributed by atoms with Gasteiger partial charge in [0, 0.05) is 19.4 Å². The van der Waals surface area contributed by atoms with Gasteiger partial charge < -0.3 is 15.9 Å². The maximum absolute atomic E-state index is 10.1. The zero-order valence-electron chi connectivity index (χ0n) is 12.3. The molecule has 0 aliphatic carbocycles. The number of hydrogen-bond acceptors (Lipinski definition) is 3. The molecule has 5 heteroatoms. The van der Waals surface area contributed by atoms with E-state index in [4.69, 9.17) is 15.9 Å². The first-order valence-electron chi connectivity index (χ1n) is 7.24. The van der Waals surface area contributed by atoms with E-state index in [9.17, 15) is 9.59 Å². The largest absolute Gasteiger partial charge is 0.481 e. The molecule has 0 aliphatic heterocycles. The van der Waals surface area contributed by atoms with Crippen molar-refractivity contribution in [1.82, 2.24) is 0 Å². The zero-order chi connectivity index (χ0) is 15.9. The fraction of sp³-hybridized carbons (Fsp3) is 0.500. The summed E-state index contributed by atoms with van der Waals surface area (Å²) in [7, 11) is 0. The molecule has 4 N–H and O–H groups in total. The van der Waals surface area contributed by atoms with Crippen LogP contribution in [0.5, 0.6) is 0 Å². The van der Waals surface area contributed by atoms with Gasteiger partial charge in [0.1, 0.15) is 0 Å². The minimum absolute atomic E-state index is 0.221. The van der Waals surface area contributed by atoms with Gasteiger partial charge in [-0.2, -0.15) is 0 Å². The first-order valence-corrected chi connectivity index (χ1v) is 7.24. The van der Waals surface area contributed by atoms with Crippen LogP contribution in [-0.4, -0.2) is 22.2 Å². The van der Waals surface area contributed by atoms with Crippen molar-refractivity contribution in [1.29, 1.82) is 0 Å². The molecule has 0 radical (unpaired) electrons. The monoisotopic (exact) mass is 295 g/mol. The zero-order valence-corrected chi connectivity index (χ0v) is 12.3. The summed E-state index contributed by atoms with van der Waals surface area (Å²) in [4.78, 5) is 20.2. The van der Waals surface area contributed by atoms with Gasteiger partial charge in [-0.25, -0.2) is 0 Å². The maximum atomic E-state index is 10.1. The van der Waals surface area contributed by atoms with Crippen molar-refractivity contribution in [3.63, 3.8) is 0 Å². The molecule has 0 aromatic heterocycles. The third-order valence-corrected chi connectivity index (χ3v) is 2.86. The number of hydrogen-bond donors (Lipinski definition) is 3. The van der Waals surface area contributed by atoms with Crippen LogP contribution in [0.25, 0.3) is 0 Å². The summed E-state index contributed by atoms with van der Waals surface area (Å²) in [6, 6.07) is 9.99. The Morgan fingerprint density at radius 1 is 0.810 bits per heavy atom. The Balaban J connectivity index is 0.000000423. The van der Waals surface area contributed by atoms with Crippen molar-refractivity contribution in [2.45, 2.75) is 51.5 Å². The summed E-state index contributed by atoms with van der Waals surface area (Å²) in [5, 5.41) is 16.6. The molecule has 1 rings (SSSR count). The predicted octanol–water partition coefficient (Wildman–Crippen LogP) is 3.03. The minimum Gasteiger partial charge on any atom is -0.481 e. The van der Waals surface area contributed by atoms with E-state index in [1.807, 2.05) is 30.3 Å². The summed E-state index contributed by atoms with van der Waals surface area (Å²) in [5.74, 6) is -1.52. The summed E-state index contributed by atoms with van der Waals surface area (Å²) < 4.78 is 0. The number of carboxylic acid groups (broad SMARTS) is 2. The van der Waals surface area contributed by atoms with Crippen molar-refractivity contribution in [3.05, 3.63) is 35.9 Å². The summed E-state index contributed by atoms with van der Waals surface area (Å²) >= 11 is 0. The SMILES string of the molecule is NCc1ccccc1.O=C(O)CCCCCCCC(=O)O. The molecule has 5 nitrogen and oxygen atoms in total. The van der Waals surface area contributed by atoms with E-state index in [-0.39, 0.29) is 12.8 Å². The van der Waals surface area contributed by atoms with Crippen LogP contribution in [0.15, 0.2) is 30.3 Å². The Hall–Kier alpha value is -1.88. The van der Waals surface area contributed by atoms with Gasteiger partial charge in [0.25, 0.3) is 0 Å². The maximum Gasteiger partial charge on any atom is 0.303 e. The molecule has 0 fully saturated rings. The van der Waals surface area contributed by atoms with Crippen molar-refractivity contribution in [2.75, 3.05) is 0 Å². The molecule has 0 saturated carbocycles. The van der Waals surface area contributed by atoms with Crippen LogP contribution in [-0.2, 0) is 16.1 Å². The van der Waals surface area contributed by atoms with E-state index >= 15 is 0 Å². The second-order valence-electron chi connectivity index (χ2n) is 4.74. The highest BCUT2D eigenvalue weighted by Gasteiger charge is 1.98. The lowest BCUT2D eigenvalue weighted by atomic mass is 10.1. The number of carboxylic acids is 2. The highest BCUT2D eigenvalue weighted by molar-refractivity contribution is 5.66. The van der Waals surface area contributed by atoms with Crippen LogP contribution in [0.2, 0.25) is 0 Å². The van der Waals surface area contributed by atoms with Gasteiger partial charge in [0.2, 0.25) is 0 Å². The summed E-state index contributed by atoms with van der Waals surface area (Å²) in [6.45, 7) is 0.640. The van der Waals surface area contributed by atoms with Crippen LogP contribution >= 0.6 is 0 Å². The van der Waals surface area contributed by atoms with Gasteiger partial charge in [-0.15, -0.1) is 0 Å². The Morgan fingerprint density at radius 3 is 1.57 bits per heavy atom. The average Bonchev–Trinajstić information content (AvgIpc) is 2.47. The minimum atomic E-state index is -0.759. The molecule has 1 aromatic carbocycles. The van der Waals surface area contributed by atoms with Gasteiger partial charge in [-0.05, 0) is 18.4 Å². The van der Waals surface area contributed by atoms with Crippen molar-refractivity contribution < 1.29 is 19.8 Å². The summed E-state index contributed by atoms with van der Waals surface area (Å²) in [5.41, 5.74) is 6.54. The van der Waals surface area contributed by atoms with Crippen molar-refractivity contribution >= 4 is 11.9 Å². The van der Waals surface area contributed by atoms with E-state index in [2.05, 4.69) is 0 Å². The third-order valence-electron chi connectivity index (χ3n) is 2.86. The molecule has 0 atom stereocenters. The Bertz CT molecular complexity index is 375. The topological polar surface area (TPSA) is 101 Å². The number of aliphatic carboxylic acids is 2. The molecule has 0 spiro atoms. The Kier molecular flexibility index (Phi) is 11.9. The van der Waals surface area contributed by atoms with E-state index in [0.717, 1.165) is 19.3 Å². The second kappa shape index (κ2) is 13.1. The van der Waals surface area contributed by atoms with Gasteiger partial charge in [-0.3, -0.25) is 9.59 Å². The number of carbonyl (C=O) groups is 2. The molecule has 21 heavy (non-hydrogen) atoms. The number of rotatable bonds is 9. The van der Waals surface area contributed by atoms with Gasteiger partial charge >= 0.3 is 11.9 Å². The van der Waals surface area contributed by atoms with E-state index < -0.39 is 11.9 Å². The fourth-order valence-corrected chi connectivity index (χ4v) is 1.70. The fourth-order valence-electron chi connectivity index (χ4n) is 1.70. The van der Waals surface area contributed by atoms with Crippen LogP contribution in [0.1, 0.15) is 50.5 Å². The lowest BCUT2D eigenvalue weighted by Crippen LogP contribution is -1.95. The van der Waals surface area contributed by atoms with Crippen LogP contribution in [0, 0.1) is 0 Å². The standard InChI is InChI=1S/C9H16O4.C7H9N/c10-8(11)6-4-2-1-3-5-7-9(12)13;8-6-7-4-2-1-3-5-7/h1-7H2,(H,10,11)(H,12,13);1-5H,6,8H2. The van der Waals surface area contributed by atoms with Crippen LogP contribution in [0.3, 0.4) is 0 Å². The Labute approximate surface area is 125 Å². The van der Waals surface area contributed by atoms with Crippen LogP contribution < -0.4 is 5.73 Å². The van der Waals surface area contributed by atoms with E-state index in [1.165, 1.54) is 5.56 Å². The summed E-state index contributed by atoms with van der Waals surface area (Å²) in [6.07, 6.45) is 4.53. The molecule has 0 unspecified atom stereocenters. The number of benzene rings is 1. The molecule has 0 amide bonds. The van der Waals surface area contributed by atoms with E-state index in [1.54, 1.807) is 0 Å². The molecule has 0 heterocycles. The lowest BCUT2D eigenvalue weighted by Gasteiger charge is -1.97. The highest BCUT2D eigenvalue weighted by Crippen LogP contribution is 2.06. The number of nitrogens with two attached hydrogens (primary N) is 1. The molecule has 1 aromatic rings. The molecule has 118 valence electrons. The second-order valence-corrected chi connectivity index (χ2v) is 4.74. The molecule has 0 aliphatic rings. The quantitative estimate of drug-likeness (QED) is 0.608. The Morgan fingerprint density at radius 2 is 1.24 bits per heavy atom. The predicted molar refractivity (Wildman–Crippen MR) is 81.9 cm³/mol. The molecule has 0 bridgehead atoms. The first-order chi connectivity index (χ1) is 10.1. The number of unbranched alkanes of at least 4 members (excludes halogenated alkanes) is 4.